The van der Waals surface area contributed by atoms with Crippen molar-refractivity contribution in [3.63, 3.8) is 0 Å². The summed E-state index contributed by atoms with van der Waals surface area (Å²) in [6, 6.07) is 15.6. The highest BCUT2D eigenvalue weighted by molar-refractivity contribution is 7.64. The van der Waals surface area contributed by atoms with Gasteiger partial charge in [0.2, 0.25) is 0 Å². The Morgan fingerprint density at radius 1 is 1.10 bits per heavy atom. The SMILES string of the molecule is CCOC(=O)CN1CCCCOP1(=O)c1ccc(NC(=O)c2ccccc2)cc1. The predicted octanol–water partition coefficient (Wildman–Crippen LogP) is 3.43. The molecule has 0 aromatic heterocycles. The minimum Gasteiger partial charge on any atom is -0.465 e. The summed E-state index contributed by atoms with van der Waals surface area (Å²) in [5.41, 5.74) is 1.14. The number of carbonyl (C=O) groups excluding carboxylic acids is 2. The van der Waals surface area contributed by atoms with Crippen LogP contribution in [-0.4, -0.2) is 42.9 Å². The molecule has 1 amide bonds. The molecule has 1 saturated heterocycles. The minimum atomic E-state index is -3.39. The molecule has 154 valence electrons. The second kappa shape index (κ2) is 9.83. The standard InChI is InChI=1S/C21H25N2O5P/c1-2-27-20(24)16-23-14-6-7-15-28-29(23,26)19-12-10-18(11-13-19)22-21(25)17-8-4-3-5-9-17/h3-5,8-13H,2,6-7,14-16H2,1H3,(H,22,25). The number of esters is 1. The van der Waals surface area contributed by atoms with Gasteiger partial charge in [0.15, 0.2) is 0 Å². The van der Waals surface area contributed by atoms with E-state index in [2.05, 4.69) is 5.32 Å². The van der Waals surface area contributed by atoms with Crippen LogP contribution in [-0.2, 0) is 18.6 Å². The molecule has 1 aliphatic heterocycles. The number of carbonyl (C=O) groups is 2. The molecule has 1 heterocycles. The highest BCUT2D eigenvalue weighted by atomic mass is 31.2. The van der Waals surface area contributed by atoms with Crippen LogP contribution in [0.25, 0.3) is 0 Å². The van der Waals surface area contributed by atoms with E-state index in [1.165, 1.54) is 0 Å². The van der Waals surface area contributed by atoms with Crippen LogP contribution in [0.3, 0.4) is 0 Å². The van der Waals surface area contributed by atoms with E-state index in [0.717, 1.165) is 12.8 Å². The van der Waals surface area contributed by atoms with Crippen LogP contribution in [0.2, 0.25) is 0 Å². The molecular weight excluding hydrogens is 391 g/mol. The van der Waals surface area contributed by atoms with E-state index < -0.39 is 13.5 Å². The van der Waals surface area contributed by atoms with Gasteiger partial charge in [-0.15, -0.1) is 0 Å². The number of nitrogens with one attached hydrogen (secondary N) is 1. The van der Waals surface area contributed by atoms with Gasteiger partial charge in [-0.3, -0.25) is 14.2 Å². The molecule has 0 aliphatic carbocycles. The van der Waals surface area contributed by atoms with Crippen molar-refractivity contribution in [1.29, 1.82) is 0 Å². The van der Waals surface area contributed by atoms with Gasteiger partial charge in [-0.25, -0.2) is 4.67 Å². The highest BCUT2D eigenvalue weighted by Crippen LogP contribution is 2.51. The molecule has 1 fully saturated rings. The van der Waals surface area contributed by atoms with Gasteiger partial charge in [-0.1, -0.05) is 18.2 Å². The van der Waals surface area contributed by atoms with Gasteiger partial charge in [0.05, 0.1) is 18.5 Å². The normalized spacial score (nSPS) is 19.9. The van der Waals surface area contributed by atoms with Gasteiger partial charge in [-0.2, -0.15) is 0 Å². The van der Waals surface area contributed by atoms with E-state index in [9.17, 15) is 14.2 Å². The predicted molar refractivity (Wildman–Crippen MR) is 111 cm³/mol. The first-order valence-electron chi connectivity index (χ1n) is 9.65. The summed E-state index contributed by atoms with van der Waals surface area (Å²) >= 11 is 0. The molecule has 1 N–H and O–H groups in total. The highest BCUT2D eigenvalue weighted by Gasteiger charge is 2.37. The molecule has 0 spiro atoms. The van der Waals surface area contributed by atoms with E-state index in [1.54, 1.807) is 60.1 Å². The van der Waals surface area contributed by atoms with Gasteiger partial charge in [0.25, 0.3) is 5.91 Å². The molecule has 0 saturated carbocycles. The largest absolute Gasteiger partial charge is 0.465 e. The second-order valence-corrected chi connectivity index (χ2v) is 9.00. The average molecular weight is 416 g/mol. The fourth-order valence-corrected chi connectivity index (χ4v) is 5.34. The van der Waals surface area contributed by atoms with Crippen LogP contribution < -0.4 is 10.6 Å². The number of benzene rings is 2. The number of ether oxygens (including phenoxy) is 1. The fourth-order valence-electron chi connectivity index (χ4n) is 3.09. The molecule has 29 heavy (non-hydrogen) atoms. The molecule has 2 aromatic rings. The number of hydrogen-bond donors (Lipinski definition) is 1. The first-order chi connectivity index (χ1) is 14.0. The molecule has 0 radical (unpaired) electrons. The lowest BCUT2D eigenvalue weighted by Gasteiger charge is -2.28. The summed E-state index contributed by atoms with van der Waals surface area (Å²) in [7, 11) is -3.39. The summed E-state index contributed by atoms with van der Waals surface area (Å²) < 4.78 is 26.0. The van der Waals surface area contributed by atoms with Crippen LogP contribution in [0.4, 0.5) is 5.69 Å². The van der Waals surface area contributed by atoms with Gasteiger partial charge < -0.3 is 14.6 Å². The molecule has 3 rings (SSSR count). The van der Waals surface area contributed by atoms with E-state index in [1.807, 2.05) is 6.07 Å². The first kappa shape index (κ1) is 21.2. The summed E-state index contributed by atoms with van der Waals surface area (Å²) in [5.74, 6) is -0.649. The third-order valence-electron chi connectivity index (χ3n) is 4.55. The molecule has 1 aliphatic rings. The molecule has 1 unspecified atom stereocenters. The number of rotatable bonds is 6. The van der Waals surface area contributed by atoms with Crippen LogP contribution in [0.1, 0.15) is 30.1 Å². The zero-order valence-electron chi connectivity index (χ0n) is 16.4. The van der Waals surface area contributed by atoms with E-state index in [0.29, 0.717) is 29.7 Å². The van der Waals surface area contributed by atoms with Crippen LogP contribution in [0.15, 0.2) is 54.6 Å². The lowest BCUT2D eigenvalue weighted by atomic mass is 10.2. The summed E-state index contributed by atoms with van der Waals surface area (Å²) in [5, 5.41) is 3.30. The maximum absolute atomic E-state index is 13.7. The Bertz CT molecular complexity index is 886. The smallest absolute Gasteiger partial charge is 0.320 e. The zero-order valence-corrected chi connectivity index (χ0v) is 17.3. The van der Waals surface area contributed by atoms with Gasteiger partial charge >= 0.3 is 13.5 Å². The van der Waals surface area contributed by atoms with Crippen molar-refractivity contribution in [3.8, 4) is 0 Å². The summed E-state index contributed by atoms with van der Waals surface area (Å²) in [6.07, 6.45) is 1.56. The van der Waals surface area contributed by atoms with Crippen molar-refractivity contribution in [2.75, 3.05) is 31.6 Å². The molecule has 1 atom stereocenters. The lowest BCUT2D eigenvalue weighted by molar-refractivity contribution is -0.143. The van der Waals surface area contributed by atoms with Crippen molar-refractivity contribution in [1.82, 2.24) is 4.67 Å². The van der Waals surface area contributed by atoms with E-state index in [4.69, 9.17) is 9.26 Å². The Labute approximate surface area is 170 Å². The Kier molecular flexibility index (Phi) is 7.20. The van der Waals surface area contributed by atoms with Crippen molar-refractivity contribution in [3.05, 3.63) is 60.2 Å². The summed E-state index contributed by atoms with van der Waals surface area (Å²) in [6.45, 7) is 2.77. The number of hydrogen-bond acceptors (Lipinski definition) is 5. The number of nitrogens with zero attached hydrogens (tertiary/aromatic N) is 1. The average Bonchev–Trinajstić information content (AvgIpc) is 2.91. The minimum absolute atomic E-state index is 0.0857. The van der Waals surface area contributed by atoms with Gasteiger partial charge in [0.1, 0.15) is 6.54 Å². The fraction of sp³-hybridized carbons (Fsp3) is 0.333. The van der Waals surface area contributed by atoms with Crippen molar-refractivity contribution >= 4 is 30.4 Å². The van der Waals surface area contributed by atoms with Crippen molar-refractivity contribution in [2.24, 2.45) is 0 Å². The maximum atomic E-state index is 13.7. The van der Waals surface area contributed by atoms with Crippen LogP contribution in [0.5, 0.6) is 0 Å². The summed E-state index contributed by atoms with van der Waals surface area (Å²) in [4.78, 5) is 24.3. The maximum Gasteiger partial charge on any atom is 0.320 e. The lowest BCUT2D eigenvalue weighted by Crippen LogP contribution is -2.32. The molecule has 8 heteroatoms. The van der Waals surface area contributed by atoms with Crippen LogP contribution >= 0.6 is 7.52 Å². The van der Waals surface area contributed by atoms with Crippen molar-refractivity contribution in [2.45, 2.75) is 19.8 Å². The molecule has 2 aromatic carbocycles. The van der Waals surface area contributed by atoms with E-state index in [-0.39, 0.29) is 19.1 Å². The third-order valence-corrected chi connectivity index (χ3v) is 7.12. The molecular formula is C21H25N2O5P. The molecule has 0 bridgehead atoms. The number of amides is 1. The number of anilines is 1. The Morgan fingerprint density at radius 2 is 1.83 bits per heavy atom. The van der Waals surface area contributed by atoms with Gasteiger partial charge in [-0.05, 0) is 56.2 Å². The topological polar surface area (TPSA) is 84.9 Å². The van der Waals surface area contributed by atoms with E-state index >= 15 is 0 Å². The Morgan fingerprint density at radius 3 is 2.52 bits per heavy atom. The van der Waals surface area contributed by atoms with Crippen LogP contribution in [0, 0.1) is 0 Å². The van der Waals surface area contributed by atoms with Crippen molar-refractivity contribution < 1.29 is 23.4 Å². The first-order valence-corrected chi connectivity index (χ1v) is 11.2. The second-order valence-electron chi connectivity index (χ2n) is 6.62. The Balaban J connectivity index is 1.77. The van der Waals surface area contributed by atoms with Gasteiger partial charge in [0, 0.05) is 17.8 Å². The Hall–Kier alpha value is -2.47. The monoisotopic (exact) mass is 416 g/mol. The quantitative estimate of drug-likeness (QED) is 0.574. The third kappa shape index (κ3) is 5.32. The zero-order chi connectivity index (χ0) is 20.7. The molecule has 7 nitrogen and oxygen atoms in total.